The van der Waals surface area contributed by atoms with Gasteiger partial charge in [-0.25, -0.2) is 4.98 Å². The fraction of sp³-hybridized carbons (Fsp3) is 0.188. The average molecular weight is 387 g/mol. The van der Waals surface area contributed by atoms with Crippen LogP contribution in [0, 0.1) is 0 Å². The Bertz CT molecular complexity index is 1210. The van der Waals surface area contributed by atoms with Crippen LogP contribution >= 0.6 is 11.6 Å². The number of anilines is 2. The molecule has 11 heteroatoms. The van der Waals surface area contributed by atoms with Crippen LogP contribution < -0.4 is 15.6 Å². The topological polar surface area (TPSA) is 116 Å². The molecule has 3 heterocycles. The monoisotopic (exact) mass is 386 g/mol. The number of benzene rings is 1. The van der Waals surface area contributed by atoms with E-state index in [9.17, 15) is 4.79 Å². The van der Waals surface area contributed by atoms with Crippen LogP contribution in [0.1, 0.15) is 0 Å². The Morgan fingerprint density at radius 3 is 2.78 bits per heavy atom. The van der Waals surface area contributed by atoms with Crippen LogP contribution in [-0.4, -0.2) is 42.1 Å². The van der Waals surface area contributed by atoms with Crippen LogP contribution in [0.15, 0.2) is 29.1 Å². The molecular weight excluding hydrogens is 372 g/mol. The van der Waals surface area contributed by atoms with Crippen molar-refractivity contribution in [2.45, 2.75) is 0 Å². The first-order chi connectivity index (χ1) is 13.0. The molecule has 4 aromatic rings. The third-order valence-electron chi connectivity index (χ3n) is 4.02. The maximum Gasteiger partial charge on any atom is 0.277 e. The lowest BCUT2D eigenvalue weighted by Gasteiger charge is -2.14. The first-order valence-electron chi connectivity index (χ1n) is 7.91. The number of fused-ring (bicyclic) bond motifs is 1. The molecule has 4 rings (SSSR count). The number of pyridine rings is 1. The zero-order valence-electron chi connectivity index (χ0n) is 14.7. The van der Waals surface area contributed by atoms with E-state index in [1.54, 1.807) is 27.3 Å². The van der Waals surface area contributed by atoms with Gasteiger partial charge in [0.05, 0.1) is 31.1 Å². The van der Waals surface area contributed by atoms with Gasteiger partial charge in [0.25, 0.3) is 5.56 Å². The van der Waals surface area contributed by atoms with E-state index in [-0.39, 0.29) is 10.7 Å². The van der Waals surface area contributed by atoms with Crippen molar-refractivity contribution in [1.29, 1.82) is 0 Å². The number of methoxy groups -OCH3 is 1. The van der Waals surface area contributed by atoms with Crippen LogP contribution in [0.25, 0.3) is 22.4 Å². The molecule has 0 aliphatic heterocycles. The van der Waals surface area contributed by atoms with E-state index in [2.05, 4.69) is 30.8 Å². The van der Waals surface area contributed by atoms with Gasteiger partial charge >= 0.3 is 0 Å². The first-order valence-corrected chi connectivity index (χ1v) is 8.29. The number of halogens is 1. The maximum absolute atomic E-state index is 12.4. The van der Waals surface area contributed by atoms with E-state index in [1.807, 2.05) is 18.2 Å². The summed E-state index contributed by atoms with van der Waals surface area (Å²) in [6.07, 6.45) is 0. The lowest BCUT2D eigenvalue weighted by atomic mass is 10.1. The number of H-pyrrole nitrogens is 1. The Kier molecular flexibility index (Phi) is 4.04. The molecule has 10 nitrogen and oxygen atoms in total. The molecule has 0 bridgehead atoms. The fourth-order valence-electron chi connectivity index (χ4n) is 2.86. The summed E-state index contributed by atoms with van der Waals surface area (Å²) in [4.78, 5) is 18.0. The molecule has 0 fully saturated rings. The minimum absolute atomic E-state index is 0.220. The Morgan fingerprint density at radius 1 is 1.26 bits per heavy atom. The smallest absolute Gasteiger partial charge is 0.277 e. The van der Waals surface area contributed by atoms with Crippen molar-refractivity contribution in [3.63, 3.8) is 0 Å². The van der Waals surface area contributed by atoms with Crippen LogP contribution in [0.2, 0.25) is 5.15 Å². The zero-order valence-corrected chi connectivity index (χ0v) is 15.4. The Hall–Kier alpha value is -3.40. The number of rotatable bonds is 4. The Balaban J connectivity index is 1.87. The van der Waals surface area contributed by atoms with E-state index in [0.29, 0.717) is 39.5 Å². The Morgan fingerprint density at radius 2 is 2.07 bits per heavy atom. The molecule has 0 saturated heterocycles. The van der Waals surface area contributed by atoms with Gasteiger partial charge in [-0.3, -0.25) is 14.6 Å². The lowest BCUT2D eigenvalue weighted by Crippen LogP contribution is -2.12. The van der Waals surface area contributed by atoms with Crippen molar-refractivity contribution in [3.05, 3.63) is 39.8 Å². The van der Waals surface area contributed by atoms with Crippen molar-refractivity contribution in [1.82, 2.24) is 35.0 Å². The number of nitrogens with one attached hydrogen (secondary N) is 2. The third kappa shape index (κ3) is 2.89. The van der Waals surface area contributed by atoms with Gasteiger partial charge in [-0.15, -0.1) is 10.2 Å². The molecule has 27 heavy (non-hydrogen) atoms. The minimum atomic E-state index is -0.220. The quantitative estimate of drug-likeness (QED) is 0.514. The van der Waals surface area contributed by atoms with E-state index in [4.69, 9.17) is 16.3 Å². The van der Waals surface area contributed by atoms with Gasteiger partial charge in [0.15, 0.2) is 11.4 Å². The summed E-state index contributed by atoms with van der Waals surface area (Å²) >= 11 is 6.11. The third-order valence-corrected chi connectivity index (χ3v) is 4.21. The summed E-state index contributed by atoms with van der Waals surface area (Å²) in [5.41, 5.74) is 1.96. The number of hydrogen-bond donors (Lipinski definition) is 2. The van der Waals surface area contributed by atoms with Gasteiger partial charge in [-0.2, -0.15) is 4.80 Å². The standard InChI is InChI=1S/C16H15ClN8O2/c1-24-16(26)12-10(7-11(17)19-15(12)21-24)18-9-6-4-5-8(13(9)27-3)14-20-23-25(2)22-14/h4-7H,1-3H3,(H2,18,19,21). The molecule has 1 aromatic carbocycles. The number of aromatic nitrogens is 7. The van der Waals surface area contributed by atoms with Crippen LogP contribution in [0.4, 0.5) is 11.4 Å². The number of nitrogens with zero attached hydrogens (tertiary/aromatic N) is 6. The van der Waals surface area contributed by atoms with E-state index in [0.717, 1.165) is 0 Å². The molecule has 0 unspecified atom stereocenters. The van der Waals surface area contributed by atoms with Gasteiger partial charge < -0.3 is 10.1 Å². The van der Waals surface area contributed by atoms with Crippen molar-refractivity contribution in [2.75, 3.05) is 12.4 Å². The predicted octanol–water partition coefficient (Wildman–Crippen LogP) is 1.86. The molecule has 0 atom stereocenters. The largest absolute Gasteiger partial charge is 0.494 e. The van der Waals surface area contributed by atoms with Crippen molar-refractivity contribution in [2.24, 2.45) is 14.1 Å². The number of para-hydroxylation sites is 1. The molecule has 0 saturated carbocycles. The molecule has 138 valence electrons. The number of tetrazole rings is 1. The lowest BCUT2D eigenvalue weighted by molar-refractivity contribution is 0.418. The zero-order chi connectivity index (χ0) is 19.1. The van der Waals surface area contributed by atoms with Crippen LogP contribution in [0.5, 0.6) is 5.75 Å². The summed E-state index contributed by atoms with van der Waals surface area (Å²) in [6.45, 7) is 0. The van der Waals surface area contributed by atoms with Gasteiger partial charge in [0, 0.05) is 7.05 Å². The summed E-state index contributed by atoms with van der Waals surface area (Å²) in [5, 5.41) is 18.8. The molecule has 0 aliphatic rings. The normalized spacial score (nSPS) is 11.1. The summed E-state index contributed by atoms with van der Waals surface area (Å²) in [6, 6.07) is 7.05. The highest BCUT2D eigenvalue weighted by Gasteiger charge is 2.18. The van der Waals surface area contributed by atoms with E-state index in [1.165, 1.54) is 9.48 Å². The van der Waals surface area contributed by atoms with Gasteiger partial charge in [-0.1, -0.05) is 17.7 Å². The highest BCUT2D eigenvalue weighted by molar-refractivity contribution is 6.30. The van der Waals surface area contributed by atoms with Crippen LogP contribution in [0.3, 0.4) is 0 Å². The van der Waals surface area contributed by atoms with E-state index >= 15 is 0 Å². The van der Waals surface area contributed by atoms with Gasteiger partial charge in [0.2, 0.25) is 5.82 Å². The van der Waals surface area contributed by atoms with Crippen molar-refractivity contribution < 1.29 is 4.74 Å². The fourth-order valence-corrected chi connectivity index (χ4v) is 3.05. The highest BCUT2D eigenvalue weighted by atomic mass is 35.5. The second-order valence-corrected chi connectivity index (χ2v) is 6.19. The van der Waals surface area contributed by atoms with Gasteiger partial charge in [-0.05, 0) is 23.4 Å². The highest BCUT2D eigenvalue weighted by Crippen LogP contribution is 2.37. The summed E-state index contributed by atoms with van der Waals surface area (Å²) in [7, 11) is 4.84. The molecule has 0 amide bonds. The second-order valence-electron chi connectivity index (χ2n) is 5.81. The van der Waals surface area contributed by atoms with Gasteiger partial charge in [0.1, 0.15) is 10.5 Å². The minimum Gasteiger partial charge on any atom is -0.494 e. The van der Waals surface area contributed by atoms with Crippen molar-refractivity contribution in [3.8, 4) is 17.1 Å². The second kappa shape index (κ2) is 6.40. The SMILES string of the molecule is COc1c(Nc2cc(Cl)nc3[nH]n(C)c(=O)c23)cccc1-c1nnn(C)n1. The van der Waals surface area contributed by atoms with Crippen LogP contribution in [-0.2, 0) is 14.1 Å². The molecule has 3 aromatic heterocycles. The number of ether oxygens (including phenoxy) is 1. The maximum atomic E-state index is 12.4. The predicted molar refractivity (Wildman–Crippen MR) is 100 cm³/mol. The van der Waals surface area contributed by atoms with E-state index < -0.39 is 0 Å². The Labute approximate surface area is 157 Å². The number of aromatic amines is 1. The van der Waals surface area contributed by atoms with Crippen molar-refractivity contribution >= 4 is 34.0 Å². The first kappa shape index (κ1) is 17.0. The molecule has 0 radical (unpaired) electrons. The molecular formula is C16H15ClN8O2. The number of hydrogen-bond acceptors (Lipinski definition) is 7. The molecule has 0 aliphatic carbocycles. The summed E-state index contributed by atoms with van der Waals surface area (Å²) < 4.78 is 6.91. The summed E-state index contributed by atoms with van der Waals surface area (Å²) in [5.74, 6) is 0.937. The average Bonchev–Trinajstić information content (AvgIpc) is 3.18. The number of aryl methyl sites for hydroxylation is 2. The molecule has 0 spiro atoms. The molecule has 2 N–H and O–H groups in total.